The normalized spacial score (nSPS) is 18.9. The Bertz CT molecular complexity index is 400. The predicted molar refractivity (Wildman–Crippen MR) is 105 cm³/mol. The standard InChI is InChI=1S/C17H35N5OS/c1-14(2)13-22-9-6-7-15(22)11-19-17(18-8-10-24-5)20-12-16(23)21(3)4/h14-15H,6-13H2,1-5H3,(H2,18,19,20)/t15-/m1/s1. The molecule has 1 atom stereocenters. The highest BCUT2D eigenvalue weighted by Gasteiger charge is 2.24. The molecule has 0 bridgehead atoms. The van der Waals surface area contributed by atoms with Gasteiger partial charge in [-0.3, -0.25) is 9.69 Å². The van der Waals surface area contributed by atoms with Crippen molar-refractivity contribution >= 4 is 23.6 Å². The van der Waals surface area contributed by atoms with Crippen molar-refractivity contribution in [3.63, 3.8) is 0 Å². The molecule has 0 aliphatic carbocycles. The van der Waals surface area contributed by atoms with Crippen LogP contribution in [0.5, 0.6) is 0 Å². The van der Waals surface area contributed by atoms with E-state index >= 15 is 0 Å². The first-order valence-electron chi connectivity index (χ1n) is 8.89. The number of hydrogen-bond donors (Lipinski definition) is 2. The maximum Gasteiger partial charge on any atom is 0.243 e. The molecule has 0 aromatic carbocycles. The van der Waals surface area contributed by atoms with Gasteiger partial charge in [0.15, 0.2) is 5.96 Å². The van der Waals surface area contributed by atoms with Crippen LogP contribution in [-0.2, 0) is 4.79 Å². The maximum atomic E-state index is 11.8. The third-order valence-corrected chi connectivity index (χ3v) is 4.69. The number of hydrogen-bond acceptors (Lipinski definition) is 4. The van der Waals surface area contributed by atoms with Crippen LogP contribution in [0.25, 0.3) is 0 Å². The minimum Gasteiger partial charge on any atom is -0.356 e. The van der Waals surface area contributed by atoms with E-state index in [0.717, 1.165) is 31.3 Å². The van der Waals surface area contributed by atoms with Crippen molar-refractivity contribution in [3.8, 4) is 0 Å². The lowest BCUT2D eigenvalue weighted by atomic mass is 10.1. The zero-order valence-corrected chi connectivity index (χ0v) is 16.8. The van der Waals surface area contributed by atoms with Crippen LogP contribution in [0, 0.1) is 5.92 Å². The summed E-state index contributed by atoms with van der Waals surface area (Å²) in [6.07, 6.45) is 4.59. The van der Waals surface area contributed by atoms with Gasteiger partial charge in [0.25, 0.3) is 0 Å². The van der Waals surface area contributed by atoms with E-state index in [2.05, 4.69) is 40.6 Å². The van der Waals surface area contributed by atoms with Crippen molar-refractivity contribution in [1.29, 1.82) is 0 Å². The first-order chi connectivity index (χ1) is 11.4. The van der Waals surface area contributed by atoms with E-state index in [1.165, 1.54) is 19.4 Å². The second-order valence-electron chi connectivity index (χ2n) is 6.94. The number of aliphatic imine (C=N–C) groups is 1. The molecule has 0 aromatic heterocycles. The lowest BCUT2D eigenvalue weighted by Crippen LogP contribution is -2.46. The summed E-state index contributed by atoms with van der Waals surface area (Å²) in [5.41, 5.74) is 0. The van der Waals surface area contributed by atoms with E-state index in [1.807, 2.05) is 0 Å². The monoisotopic (exact) mass is 357 g/mol. The molecule has 1 fully saturated rings. The molecule has 0 unspecified atom stereocenters. The van der Waals surface area contributed by atoms with Crippen LogP contribution in [0.1, 0.15) is 26.7 Å². The van der Waals surface area contributed by atoms with Gasteiger partial charge in [0.05, 0.1) is 0 Å². The number of nitrogens with one attached hydrogen (secondary N) is 2. The minimum atomic E-state index is 0.0169. The predicted octanol–water partition coefficient (Wildman–Crippen LogP) is 1.09. The lowest BCUT2D eigenvalue weighted by Gasteiger charge is -2.27. The molecular weight excluding hydrogens is 322 g/mol. The fourth-order valence-corrected chi connectivity index (χ4v) is 3.09. The van der Waals surface area contributed by atoms with Gasteiger partial charge in [0, 0.05) is 45.5 Å². The van der Waals surface area contributed by atoms with Crippen LogP contribution in [0.2, 0.25) is 0 Å². The van der Waals surface area contributed by atoms with Gasteiger partial charge in [-0.15, -0.1) is 0 Å². The van der Waals surface area contributed by atoms with E-state index in [4.69, 9.17) is 0 Å². The Morgan fingerprint density at radius 1 is 1.38 bits per heavy atom. The topological polar surface area (TPSA) is 60.0 Å². The molecule has 7 heteroatoms. The van der Waals surface area contributed by atoms with Crippen LogP contribution in [-0.4, -0.2) is 86.5 Å². The molecule has 140 valence electrons. The molecule has 1 heterocycles. The summed E-state index contributed by atoms with van der Waals surface area (Å²) in [6, 6.07) is 0.560. The Labute approximate surface area is 151 Å². The number of carbonyl (C=O) groups excluding carboxylic acids is 1. The van der Waals surface area contributed by atoms with Crippen LogP contribution in [0.15, 0.2) is 4.99 Å². The van der Waals surface area contributed by atoms with Gasteiger partial charge < -0.3 is 15.5 Å². The summed E-state index contributed by atoms with van der Waals surface area (Å²) >= 11 is 1.79. The Morgan fingerprint density at radius 2 is 2.12 bits per heavy atom. The first-order valence-corrected chi connectivity index (χ1v) is 10.3. The van der Waals surface area contributed by atoms with Crippen molar-refractivity contribution in [2.45, 2.75) is 32.7 Å². The van der Waals surface area contributed by atoms with Gasteiger partial charge in [-0.05, 0) is 31.6 Å². The minimum absolute atomic E-state index is 0.0169. The zero-order valence-electron chi connectivity index (χ0n) is 16.0. The average Bonchev–Trinajstić information content (AvgIpc) is 2.95. The smallest absolute Gasteiger partial charge is 0.243 e. The molecule has 1 aliphatic heterocycles. The van der Waals surface area contributed by atoms with Crippen molar-refractivity contribution in [1.82, 2.24) is 20.4 Å². The van der Waals surface area contributed by atoms with Crippen LogP contribution < -0.4 is 10.6 Å². The van der Waals surface area contributed by atoms with Crippen molar-refractivity contribution < 1.29 is 4.79 Å². The summed E-state index contributed by atoms with van der Waals surface area (Å²) < 4.78 is 0. The molecule has 0 radical (unpaired) electrons. The number of guanidine groups is 1. The Kier molecular flexibility index (Phi) is 10.2. The number of rotatable bonds is 9. The van der Waals surface area contributed by atoms with E-state index in [0.29, 0.717) is 12.0 Å². The molecule has 1 amide bonds. The van der Waals surface area contributed by atoms with Crippen LogP contribution in [0.3, 0.4) is 0 Å². The highest BCUT2D eigenvalue weighted by Crippen LogP contribution is 2.17. The molecule has 2 N–H and O–H groups in total. The van der Waals surface area contributed by atoms with Crippen LogP contribution >= 0.6 is 11.8 Å². The van der Waals surface area contributed by atoms with Gasteiger partial charge in [-0.1, -0.05) is 13.8 Å². The summed E-state index contributed by atoms with van der Waals surface area (Å²) in [5.74, 6) is 2.47. The molecule has 0 aromatic rings. The number of carbonyl (C=O) groups is 1. The number of likely N-dealkylation sites (tertiary alicyclic amines) is 1. The first kappa shape index (κ1) is 21.1. The van der Waals surface area contributed by atoms with Crippen molar-refractivity contribution in [2.24, 2.45) is 10.9 Å². The van der Waals surface area contributed by atoms with E-state index in [1.54, 1.807) is 30.8 Å². The number of nitrogens with zero attached hydrogens (tertiary/aromatic N) is 3. The molecule has 0 spiro atoms. The Hall–Kier alpha value is -0.950. The molecule has 6 nitrogen and oxygen atoms in total. The molecule has 24 heavy (non-hydrogen) atoms. The number of likely N-dealkylation sites (N-methyl/N-ethyl adjacent to an activating group) is 1. The number of amides is 1. The average molecular weight is 358 g/mol. The lowest BCUT2D eigenvalue weighted by molar-refractivity contribution is -0.127. The third kappa shape index (κ3) is 8.24. The fraction of sp³-hybridized carbons (Fsp3) is 0.882. The van der Waals surface area contributed by atoms with Crippen LogP contribution in [0.4, 0.5) is 0 Å². The van der Waals surface area contributed by atoms with Gasteiger partial charge in [-0.2, -0.15) is 11.8 Å². The van der Waals surface area contributed by atoms with Gasteiger partial charge >= 0.3 is 0 Å². The highest BCUT2D eigenvalue weighted by molar-refractivity contribution is 7.98. The second-order valence-corrected chi connectivity index (χ2v) is 7.92. The van der Waals surface area contributed by atoms with Crippen molar-refractivity contribution in [3.05, 3.63) is 0 Å². The Balaban J connectivity index is 2.53. The highest BCUT2D eigenvalue weighted by atomic mass is 32.2. The summed E-state index contributed by atoms with van der Waals surface area (Å²) in [7, 11) is 3.52. The fourth-order valence-electron chi connectivity index (χ4n) is 2.78. The molecule has 1 aliphatic rings. The van der Waals surface area contributed by atoms with Gasteiger partial charge in [-0.25, -0.2) is 4.99 Å². The van der Waals surface area contributed by atoms with Gasteiger partial charge in [0.1, 0.15) is 6.54 Å². The van der Waals surface area contributed by atoms with E-state index in [9.17, 15) is 4.79 Å². The molecule has 1 rings (SSSR count). The quantitative estimate of drug-likeness (QED) is 0.368. The summed E-state index contributed by atoms with van der Waals surface area (Å²) in [6.45, 7) is 8.80. The van der Waals surface area contributed by atoms with E-state index in [-0.39, 0.29) is 12.5 Å². The van der Waals surface area contributed by atoms with E-state index < -0.39 is 0 Å². The SMILES string of the molecule is CSCCNC(=NCC(=O)N(C)C)NC[C@H]1CCCN1CC(C)C. The largest absolute Gasteiger partial charge is 0.356 e. The number of thioether (sulfide) groups is 1. The third-order valence-electron chi connectivity index (χ3n) is 4.07. The second kappa shape index (κ2) is 11.6. The zero-order chi connectivity index (χ0) is 17.9. The summed E-state index contributed by atoms with van der Waals surface area (Å²) in [4.78, 5) is 20.3. The maximum absolute atomic E-state index is 11.8. The summed E-state index contributed by atoms with van der Waals surface area (Å²) in [5, 5.41) is 6.76. The molecular formula is C17H35N5OS. The van der Waals surface area contributed by atoms with Gasteiger partial charge in [0.2, 0.25) is 5.91 Å². The van der Waals surface area contributed by atoms with Crippen molar-refractivity contribution in [2.75, 3.05) is 58.8 Å². The Morgan fingerprint density at radius 3 is 2.75 bits per heavy atom. The molecule has 0 saturated carbocycles. The molecule has 1 saturated heterocycles.